The van der Waals surface area contributed by atoms with E-state index in [-0.39, 0.29) is 17.5 Å². The second kappa shape index (κ2) is 6.98. The molecule has 142 valence electrons. The second-order valence-corrected chi connectivity index (χ2v) is 7.10. The highest BCUT2D eigenvalue weighted by Crippen LogP contribution is 2.35. The van der Waals surface area contributed by atoms with Gasteiger partial charge in [-0.3, -0.25) is 4.79 Å². The van der Waals surface area contributed by atoms with Crippen LogP contribution in [0.2, 0.25) is 0 Å². The molecule has 7 nitrogen and oxygen atoms in total. The number of aromatic nitrogens is 1. The number of amides is 2. The maximum Gasteiger partial charge on any atom is 0.321 e. The van der Waals surface area contributed by atoms with Crippen LogP contribution in [0.25, 0.3) is 0 Å². The Morgan fingerprint density at radius 3 is 2.74 bits per heavy atom. The van der Waals surface area contributed by atoms with E-state index in [1.165, 1.54) is 0 Å². The van der Waals surface area contributed by atoms with E-state index < -0.39 is 0 Å². The smallest absolute Gasteiger partial charge is 0.321 e. The summed E-state index contributed by atoms with van der Waals surface area (Å²) in [5.74, 6) is 1.70. The van der Waals surface area contributed by atoms with Crippen LogP contribution < -0.4 is 20.3 Å². The molecule has 2 aliphatic heterocycles. The third kappa shape index (κ3) is 3.25. The van der Waals surface area contributed by atoms with Crippen LogP contribution in [0.3, 0.4) is 0 Å². The second-order valence-electron chi connectivity index (χ2n) is 7.10. The van der Waals surface area contributed by atoms with Crippen LogP contribution >= 0.6 is 0 Å². The Morgan fingerprint density at radius 1 is 1.11 bits per heavy atom. The van der Waals surface area contributed by atoms with Crippen molar-refractivity contribution >= 4 is 11.7 Å². The van der Waals surface area contributed by atoms with Gasteiger partial charge in [0.2, 0.25) is 0 Å². The molecule has 1 saturated heterocycles. The Labute approximate surface area is 157 Å². The summed E-state index contributed by atoms with van der Waals surface area (Å²) in [4.78, 5) is 26.8. The van der Waals surface area contributed by atoms with E-state index in [1.54, 1.807) is 44.6 Å². The number of piperidine rings is 1. The number of benzene rings is 1. The normalized spacial score (nSPS) is 20.6. The van der Waals surface area contributed by atoms with Gasteiger partial charge in [-0.1, -0.05) is 6.07 Å². The number of rotatable bonds is 3. The van der Waals surface area contributed by atoms with Crippen LogP contribution in [-0.4, -0.2) is 42.8 Å². The predicted octanol–water partition coefficient (Wildman–Crippen LogP) is 2.52. The molecule has 4 rings (SSSR count). The van der Waals surface area contributed by atoms with Crippen molar-refractivity contribution in [2.45, 2.75) is 18.9 Å². The fraction of sp³-hybridized carbons (Fsp3) is 0.400. The van der Waals surface area contributed by atoms with Gasteiger partial charge in [0.05, 0.1) is 19.9 Å². The molecular formula is C20H23N3O4. The molecule has 7 heteroatoms. The Morgan fingerprint density at radius 2 is 1.96 bits per heavy atom. The van der Waals surface area contributed by atoms with E-state index in [0.29, 0.717) is 42.7 Å². The lowest BCUT2D eigenvalue weighted by Gasteiger charge is -2.42. The average molecular weight is 369 g/mol. The number of methoxy groups -OCH3 is 2. The largest absolute Gasteiger partial charge is 0.497 e. The van der Waals surface area contributed by atoms with Crippen molar-refractivity contribution in [3.63, 3.8) is 0 Å². The summed E-state index contributed by atoms with van der Waals surface area (Å²) in [5, 5.41) is 2.95. The monoisotopic (exact) mass is 369 g/mol. The molecule has 0 spiro atoms. The highest BCUT2D eigenvalue weighted by Gasteiger charge is 2.36. The number of urea groups is 1. The van der Waals surface area contributed by atoms with Gasteiger partial charge in [0, 0.05) is 43.4 Å². The zero-order valence-corrected chi connectivity index (χ0v) is 15.5. The zero-order valence-electron chi connectivity index (χ0n) is 15.5. The van der Waals surface area contributed by atoms with Crippen LogP contribution in [-0.2, 0) is 6.54 Å². The third-order valence-electron chi connectivity index (χ3n) is 5.42. The summed E-state index contributed by atoms with van der Waals surface area (Å²) < 4.78 is 12.4. The molecular weight excluding hydrogens is 346 g/mol. The standard InChI is InChI=1S/C20H23N3O4/c1-26-15-6-7-16(18(9-15)27-2)21-20(25)22-10-13-8-14(12-22)17-4-3-5-19(24)23(17)11-13/h3-7,9,13-14H,8,10-12H2,1-2H3,(H,21,25)/t13-,14+/m1/s1. The number of fused-ring (bicyclic) bond motifs is 4. The quantitative estimate of drug-likeness (QED) is 0.902. The Balaban J connectivity index is 1.52. The SMILES string of the molecule is COc1ccc(NC(=O)N2C[C@H]3C[C@@H](C2)c2cccc(=O)n2C3)c(OC)c1. The molecule has 2 aromatic rings. The van der Waals surface area contributed by atoms with E-state index in [4.69, 9.17) is 9.47 Å². The topological polar surface area (TPSA) is 72.8 Å². The van der Waals surface area contributed by atoms with Crippen molar-refractivity contribution in [1.82, 2.24) is 9.47 Å². The lowest BCUT2D eigenvalue weighted by Crippen LogP contribution is -2.50. The molecule has 2 bridgehead atoms. The average Bonchev–Trinajstić information content (AvgIpc) is 2.69. The molecule has 0 aliphatic carbocycles. The first-order chi connectivity index (χ1) is 13.1. The number of anilines is 1. The summed E-state index contributed by atoms with van der Waals surface area (Å²) in [7, 11) is 3.15. The van der Waals surface area contributed by atoms with Gasteiger partial charge in [-0.25, -0.2) is 4.79 Å². The number of pyridine rings is 1. The molecule has 1 aromatic heterocycles. The number of hydrogen-bond donors (Lipinski definition) is 1. The van der Waals surface area contributed by atoms with Crippen molar-refractivity contribution in [3.05, 3.63) is 52.4 Å². The molecule has 1 N–H and O–H groups in total. The molecule has 27 heavy (non-hydrogen) atoms. The minimum Gasteiger partial charge on any atom is -0.497 e. The highest BCUT2D eigenvalue weighted by molar-refractivity contribution is 5.91. The fourth-order valence-electron chi connectivity index (χ4n) is 4.16. The van der Waals surface area contributed by atoms with Gasteiger partial charge in [-0.05, 0) is 30.5 Å². The molecule has 2 atom stereocenters. The number of ether oxygens (including phenoxy) is 2. The molecule has 2 aliphatic rings. The Kier molecular flexibility index (Phi) is 4.51. The van der Waals surface area contributed by atoms with Crippen molar-refractivity contribution in [1.29, 1.82) is 0 Å². The summed E-state index contributed by atoms with van der Waals surface area (Å²) in [6, 6.07) is 10.5. The van der Waals surface area contributed by atoms with Gasteiger partial charge < -0.3 is 24.3 Å². The molecule has 0 radical (unpaired) electrons. The minimum atomic E-state index is -0.153. The summed E-state index contributed by atoms with van der Waals surface area (Å²) in [5.41, 5.74) is 1.68. The number of likely N-dealkylation sites (tertiary alicyclic amines) is 1. The van der Waals surface area contributed by atoms with Gasteiger partial charge in [0.1, 0.15) is 11.5 Å². The predicted molar refractivity (Wildman–Crippen MR) is 102 cm³/mol. The fourth-order valence-corrected chi connectivity index (χ4v) is 4.16. The maximum atomic E-state index is 12.9. The molecule has 2 amide bonds. The van der Waals surface area contributed by atoms with Crippen LogP contribution in [0.4, 0.5) is 10.5 Å². The van der Waals surface area contributed by atoms with Crippen LogP contribution in [0, 0.1) is 5.92 Å². The molecule has 3 heterocycles. The van der Waals surface area contributed by atoms with Crippen LogP contribution in [0.15, 0.2) is 41.2 Å². The van der Waals surface area contributed by atoms with E-state index in [0.717, 1.165) is 12.1 Å². The van der Waals surface area contributed by atoms with Gasteiger partial charge >= 0.3 is 6.03 Å². The number of nitrogens with zero attached hydrogens (tertiary/aromatic N) is 2. The highest BCUT2D eigenvalue weighted by atomic mass is 16.5. The number of carbonyl (C=O) groups is 1. The lowest BCUT2D eigenvalue weighted by atomic mass is 9.83. The van der Waals surface area contributed by atoms with Crippen molar-refractivity contribution < 1.29 is 14.3 Å². The van der Waals surface area contributed by atoms with Crippen molar-refractivity contribution in [3.8, 4) is 11.5 Å². The van der Waals surface area contributed by atoms with Crippen molar-refractivity contribution in [2.24, 2.45) is 5.92 Å². The Bertz CT molecular complexity index is 924. The van der Waals surface area contributed by atoms with E-state index in [9.17, 15) is 9.59 Å². The minimum absolute atomic E-state index is 0.0445. The van der Waals surface area contributed by atoms with E-state index in [2.05, 4.69) is 5.32 Å². The van der Waals surface area contributed by atoms with Crippen LogP contribution in [0.1, 0.15) is 18.0 Å². The van der Waals surface area contributed by atoms with Gasteiger partial charge in [0.25, 0.3) is 5.56 Å². The van der Waals surface area contributed by atoms with Gasteiger partial charge in [-0.2, -0.15) is 0 Å². The third-order valence-corrected chi connectivity index (χ3v) is 5.42. The number of nitrogens with one attached hydrogen (secondary N) is 1. The molecule has 0 saturated carbocycles. The number of hydrogen-bond acceptors (Lipinski definition) is 4. The molecule has 1 fully saturated rings. The zero-order chi connectivity index (χ0) is 19.0. The van der Waals surface area contributed by atoms with Crippen LogP contribution in [0.5, 0.6) is 11.5 Å². The lowest BCUT2D eigenvalue weighted by molar-refractivity contribution is 0.139. The van der Waals surface area contributed by atoms with Gasteiger partial charge in [-0.15, -0.1) is 0 Å². The molecule has 1 aromatic carbocycles. The maximum absolute atomic E-state index is 12.9. The number of carbonyl (C=O) groups excluding carboxylic acids is 1. The first kappa shape index (κ1) is 17.5. The van der Waals surface area contributed by atoms with Gasteiger partial charge in [0.15, 0.2) is 0 Å². The summed E-state index contributed by atoms with van der Waals surface area (Å²) >= 11 is 0. The van der Waals surface area contributed by atoms with E-state index >= 15 is 0 Å². The van der Waals surface area contributed by atoms with Crippen molar-refractivity contribution in [2.75, 3.05) is 32.6 Å². The summed E-state index contributed by atoms with van der Waals surface area (Å²) in [6.45, 7) is 1.91. The first-order valence-corrected chi connectivity index (χ1v) is 9.06. The molecule has 0 unspecified atom stereocenters. The first-order valence-electron chi connectivity index (χ1n) is 9.06. The Hall–Kier alpha value is -2.96. The van der Waals surface area contributed by atoms with E-state index in [1.807, 2.05) is 15.5 Å². The summed E-state index contributed by atoms with van der Waals surface area (Å²) in [6.07, 6.45) is 1.01.